The molecule has 2 N–H and O–H groups in total. The number of aliphatic imine (C=N–C) groups is 1. The van der Waals surface area contributed by atoms with Crippen molar-refractivity contribution in [1.29, 1.82) is 0 Å². The molecule has 128 valence electrons. The molecule has 1 saturated carbocycles. The molecule has 1 aliphatic heterocycles. The lowest BCUT2D eigenvalue weighted by atomic mass is 9.82. The summed E-state index contributed by atoms with van der Waals surface area (Å²) < 4.78 is 0. The van der Waals surface area contributed by atoms with Crippen LogP contribution < -0.4 is 10.6 Å². The lowest BCUT2D eigenvalue weighted by Crippen LogP contribution is -2.42. The van der Waals surface area contributed by atoms with Crippen molar-refractivity contribution in [3.05, 3.63) is 18.6 Å². The van der Waals surface area contributed by atoms with E-state index in [1.54, 1.807) is 18.6 Å². The van der Waals surface area contributed by atoms with Crippen molar-refractivity contribution < 1.29 is 0 Å². The smallest absolute Gasteiger partial charge is 0.193 e. The van der Waals surface area contributed by atoms with Gasteiger partial charge in [0.05, 0.1) is 6.20 Å². The number of anilines is 1. The summed E-state index contributed by atoms with van der Waals surface area (Å²) >= 11 is 0. The number of nitrogens with zero attached hydrogens (tertiary/aromatic N) is 4. The highest BCUT2D eigenvalue weighted by atomic mass is 127. The van der Waals surface area contributed by atoms with Crippen LogP contribution in [-0.2, 0) is 0 Å². The Hall–Kier alpha value is -1.12. The van der Waals surface area contributed by atoms with Gasteiger partial charge >= 0.3 is 0 Å². The van der Waals surface area contributed by atoms with E-state index in [-0.39, 0.29) is 24.0 Å². The van der Waals surface area contributed by atoms with E-state index in [0.717, 1.165) is 36.7 Å². The first kappa shape index (κ1) is 18.2. The monoisotopic (exact) mass is 430 g/mol. The van der Waals surface area contributed by atoms with Crippen LogP contribution in [0, 0.1) is 11.8 Å². The van der Waals surface area contributed by atoms with Crippen molar-refractivity contribution in [2.75, 3.05) is 38.5 Å². The molecule has 6 nitrogen and oxygen atoms in total. The summed E-state index contributed by atoms with van der Waals surface area (Å²) in [5, 5.41) is 6.71. The summed E-state index contributed by atoms with van der Waals surface area (Å²) in [6, 6.07) is 0. The van der Waals surface area contributed by atoms with Gasteiger partial charge < -0.3 is 15.5 Å². The molecule has 0 aromatic carbocycles. The van der Waals surface area contributed by atoms with Crippen molar-refractivity contribution in [1.82, 2.24) is 20.2 Å². The van der Waals surface area contributed by atoms with Crippen LogP contribution in [0.4, 0.5) is 5.82 Å². The van der Waals surface area contributed by atoms with E-state index in [2.05, 4.69) is 30.5 Å². The molecular weight excluding hydrogens is 403 g/mol. The zero-order chi connectivity index (χ0) is 15.2. The van der Waals surface area contributed by atoms with Crippen LogP contribution in [0.2, 0.25) is 0 Å². The standard InChI is InChI=1S/C16H26N6.HI/c1-17-16(21-9-8-20-15-10-18-6-7-19-15)22-11-13-4-2-3-5-14(13)12-22;/h6-7,10,13-14H,2-5,8-9,11-12H2,1H3,(H,17,21)(H,19,20);1H. The number of rotatable bonds is 4. The summed E-state index contributed by atoms with van der Waals surface area (Å²) in [5.74, 6) is 3.61. The second-order valence-corrected chi connectivity index (χ2v) is 6.20. The Morgan fingerprint density at radius 3 is 2.57 bits per heavy atom. The maximum Gasteiger partial charge on any atom is 0.193 e. The average Bonchev–Trinajstić information content (AvgIpc) is 2.99. The lowest BCUT2D eigenvalue weighted by molar-refractivity contribution is 0.299. The summed E-state index contributed by atoms with van der Waals surface area (Å²) in [7, 11) is 1.88. The van der Waals surface area contributed by atoms with Gasteiger partial charge in [-0.1, -0.05) is 12.8 Å². The number of fused-ring (bicyclic) bond motifs is 1. The van der Waals surface area contributed by atoms with Gasteiger partial charge in [0.15, 0.2) is 5.96 Å². The van der Waals surface area contributed by atoms with Crippen LogP contribution in [0.1, 0.15) is 25.7 Å². The number of likely N-dealkylation sites (tertiary alicyclic amines) is 1. The van der Waals surface area contributed by atoms with E-state index in [1.807, 2.05) is 7.05 Å². The van der Waals surface area contributed by atoms with Crippen LogP contribution in [-0.4, -0.2) is 54.1 Å². The largest absolute Gasteiger partial charge is 0.367 e. The quantitative estimate of drug-likeness (QED) is 0.332. The first-order chi connectivity index (χ1) is 10.9. The molecule has 1 aliphatic carbocycles. The van der Waals surface area contributed by atoms with Gasteiger partial charge in [0.25, 0.3) is 0 Å². The maximum atomic E-state index is 4.45. The Bertz CT molecular complexity index is 481. The first-order valence-corrected chi connectivity index (χ1v) is 8.32. The van der Waals surface area contributed by atoms with Crippen LogP contribution in [0.25, 0.3) is 0 Å². The maximum absolute atomic E-state index is 4.45. The van der Waals surface area contributed by atoms with Crippen molar-refractivity contribution in [2.45, 2.75) is 25.7 Å². The van der Waals surface area contributed by atoms with Gasteiger partial charge in [-0.05, 0) is 24.7 Å². The second kappa shape index (κ2) is 9.24. The molecular formula is C16H27IN6. The van der Waals surface area contributed by atoms with Crippen LogP contribution >= 0.6 is 24.0 Å². The van der Waals surface area contributed by atoms with Crippen molar-refractivity contribution >= 4 is 35.8 Å². The number of aromatic nitrogens is 2. The van der Waals surface area contributed by atoms with Gasteiger partial charge in [-0.2, -0.15) is 0 Å². The van der Waals surface area contributed by atoms with E-state index in [4.69, 9.17) is 0 Å². The third-order valence-corrected chi connectivity index (χ3v) is 4.77. The molecule has 0 amide bonds. The number of hydrogen-bond acceptors (Lipinski definition) is 4. The minimum atomic E-state index is 0. The van der Waals surface area contributed by atoms with Crippen LogP contribution in [0.15, 0.2) is 23.6 Å². The van der Waals surface area contributed by atoms with E-state index in [1.165, 1.54) is 38.8 Å². The summed E-state index contributed by atoms with van der Waals surface area (Å²) in [4.78, 5) is 15.1. The Kier molecular flexibility index (Phi) is 7.32. The predicted molar refractivity (Wildman–Crippen MR) is 104 cm³/mol. The SMILES string of the molecule is CN=C(NCCNc1cnccn1)N1CC2CCCCC2C1.I. The number of nitrogens with one attached hydrogen (secondary N) is 2. The molecule has 2 unspecified atom stereocenters. The third kappa shape index (κ3) is 4.92. The molecule has 0 radical (unpaired) electrons. The molecule has 1 aromatic rings. The molecule has 0 bridgehead atoms. The van der Waals surface area contributed by atoms with Gasteiger partial charge in [-0.3, -0.25) is 9.98 Å². The zero-order valence-corrected chi connectivity index (χ0v) is 16.1. The zero-order valence-electron chi connectivity index (χ0n) is 13.7. The molecule has 0 spiro atoms. The minimum Gasteiger partial charge on any atom is -0.367 e. The van der Waals surface area contributed by atoms with E-state index in [0.29, 0.717) is 0 Å². The second-order valence-electron chi connectivity index (χ2n) is 6.20. The van der Waals surface area contributed by atoms with E-state index in [9.17, 15) is 0 Å². The molecule has 23 heavy (non-hydrogen) atoms. The Labute approximate surface area is 155 Å². The van der Waals surface area contributed by atoms with E-state index >= 15 is 0 Å². The Balaban J connectivity index is 0.00000192. The molecule has 1 aromatic heterocycles. The molecule has 2 fully saturated rings. The van der Waals surface area contributed by atoms with Crippen molar-refractivity contribution in [3.8, 4) is 0 Å². The van der Waals surface area contributed by atoms with Gasteiger partial charge in [0.1, 0.15) is 5.82 Å². The molecule has 3 rings (SSSR count). The number of halogens is 1. The topological polar surface area (TPSA) is 65.4 Å². The van der Waals surface area contributed by atoms with Gasteiger partial charge in [-0.25, -0.2) is 4.98 Å². The lowest BCUT2D eigenvalue weighted by Gasteiger charge is -2.22. The highest BCUT2D eigenvalue weighted by molar-refractivity contribution is 14.0. The van der Waals surface area contributed by atoms with Crippen LogP contribution in [0.5, 0.6) is 0 Å². The Morgan fingerprint density at radius 1 is 1.22 bits per heavy atom. The van der Waals surface area contributed by atoms with Gasteiger partial charge in [-0.15, -0.1) is 24.0 Å². The number of guanidine groups is 1. The van der Waals surface area contributed by atoms with Gasteiger partial charge in [0, 0.05) is 45.6 Å². The highest BCUT2D eigenvalue weighted by Gasteiger charge is 2.35. The summed E-state index contributed by atoms with van der Waals surface area (Å²) in [6.45, 7) is 3.97. The van der Waals surface area contributed by atoms with E-state index < -0.39 is 0 Å². The summed E-state index contributed by atoms with van der Waals surface area (Å²) in [6.07, 6.45) is 10.7. The predicted octanol–water partition coefficient (Wildman–Crippen LogP) is 2.20. The first-order valence-electron chi connectivity index (χ1n) is 8.32. The average molecular weight is 430 g/mol. The van der Waals surface area contributed by atoms with Crippen molar-refractivity contribution in [2.24, 2.45) is 16.8 Å². The fourth-order valence-corrected chi connectivity index (χ4v) is 3.67. The molecule has 1 saturated heterocycles. The van der Waals surface area contributed by atoms with Crippen LogP contribution in [0.3, 0.4) is 0 Å². The number of hydrogen-bond donors (Lipinski definition) is 2. The minimum absolute atomic E-state index is 0. The molecule has 7 heteroatoms. The fourth-order valence-electron chi connectivity index (χ4n) is 3.67. The molecule has 2 heterocycles. The Morgan fingerprint density at radius 2 is 1.96 bits per heavy atom. The molecule has 2 atom stereocenters. The van der Waals surface area contributed by atoms with Crippen molar-refractivity contribution in [3.63, 3.8) is 0 Å². The molecule has 2 aliphatic rings. The highest BCUT2D eigenvalue weighted by Crippen LogP contribution is 2.35. The summed E-state index contributed by atoms with van der Waals surface area (Å²) in [5.41, 5.74) is 0. The normalized spacial score (nSPS) is 23.9. The third-order valence-electron chi connectivity index (χ3n) is 4.77. The van der Waals surface area contributed by atoms with Gasteiger partial charge in [0.2, 0.25) is 0 Å². The fraction of sp³-hybridized carbons (Fsp3) is 0.688.